The molecular formula is C64H43Cl5F12N2O7. The molecule has 0 saturated carbocycles. The summed E-state index contributed by atoms with van der Waals surface area (Å²) in [5.41, 5.74) is 5.58. The van der Waals surface area contributed by atoms with E-state index in [-0.39, 0.29) is 63.0 Å². The summed E-state index contributed by atoms with van der Waals surface area (Å²) in [4.78, 5) is 26.0. The zero-order valence-electron chi connectivity index (χ0n) is 45.7. The summed E-state index contributed by atoms with van der Waals surface area (Å²) < 4.78 is 175. The number of carbonyl (C=O) groups excluding carboxylic acids is 2. The first-order chi connectivity index (χ1) is 42.4. The summed E-state index contributed by atoms with van der Waals surface area (Å²) >= 11 is 27.8. The molecule has 0 atom stereocenters. The normalized spacial score (nSPS) is 12.1. The quantitative estimate of drug-likeness (QED) is 0.0665. The Balaban J connectivity index is 0.000000174. The lowest BCUT2D eigenvalue weighted by atomic mass is 10.1. The fraction of sp³-hybridized carbons (Fsp3) is 0.125. The third-order valence-electron chi connectivity index (χ3n) is 12.4. The van der Waals surface area contributed by atoms with E-state index >= 15 is 0 Å². The van der Waals surface area contributed by atoms with Crippen molar-refractivity contribution in [1.82, 2.24) is 4.90 Å². The lowest BCUT2D eigenvalue weighted by Crippen LogP contribution is -2.29. The third kappa shape index (κ3) is 19.2. The smallest absolute Gasteiger partial charge is 0.417 e. The van der Waals surface area contributed by atoms with Gasteiger partial charge in [-0.1, -0.05) is 107 Å². The van der Waals surface area contributed by atoms with Crippen molar-refractivity contribution in [3.63, 3.8) is 0 Å². The minimum absolute atomic E-state index is 0.0141. The monoisotopic (exact) mass is 1350 g/mol. The van der Waals surface area contributed by atoms with Crippen LogP contribution < -0.4 is 24.7 Å². The number of ether oxygens (including phenoxy) is 4. The Labute approximate surface area is 530 Å². The highest BCUT2D eigenvalue weighted by atomic mass is 35.5. The highest BCUT2D eigenvalue weighted by Gasteiger charge is 2.38. The van der Waals surface area contributed by atoms with Crippen molar-refractivity contribution in [2.24, 2.45) is 5.73 Å². The summed E-state index contributed by atoms with van der Waals surface area (Å²) in [6, 6.07) is 46.3. The Bertz CT molecular complexity index is 3640. The van der Waals surface area contributed by atoms with Gasteiger partial charge in [-0.05, 0) is 156 Å². The van der Waals surface area contributed by atoms with Gasteiger partial charge >= 0.3 is 24.7 Å². The first-order valence-electron chi connectivity index (χ1n) is 25.8. The molecule has 0 aromatic heterocycles. The van der Waals surface area contributed by atoms with Crippen LogP contribution in [0.3, 0.4) is 0 Å². The van der Waals surface area contributed by atoms with Gasteiger partial charge in [0.05, 0.1) is 66.6 Å². The van der Waals surface area contributed by atoms with Crippen LogP contribution in [0, 0.1) is 0 Å². The average Bonchev–Trinajstić information content (AvgIpc) is 1.99. The van der Waals surface area contributed by atoms with E-state index in [1.165, 1.54) is 24.3 Å². The van der Waals surface area contributed by atoms with E-state index in [1.807, 2.05) is 0 Å². The van der Waals surface area contributed by atoms with Crippen molar-refractivity contribution >= 4 is 69.8 Å². The summed E-state index contributed by atoms with van der Waals surface area (Å²) in [5.74, 6) is 1.33. The highest BCUT2D eigenvalue weighted by Crippen LogP contribution is 2.42. The lowest BCUT2D eigenvalue weighted by Gasteiger charge is -2.15. The summed E-state index contributed by atoms with van der Waals surface area (Å²) in [7, 11) is 0. The molecular weight excluding hydrogens is 1310 g/mol. The average molecular weight is 1360 g/mol. The van der Waals surface area contributed by atoms with Crippen molar-refractivity contribution in [1.29, 1.82) is 0 Å². The minimum Gasteiger partial charge on any atom is -0.457 e. The van der Waals surface area contributed by atoms with Crippen LogP contribution in [-0.2, 0) is 50.3 Å². The molecule has 0 unspecified atom stereocenters. The maximum Gasteiger partial charge on any atom is 0.417 e. The van der Waals surface area contributed by atoms with Crippen molar-refractivity contribution in [2.75, 3.05) is 0 Å². The van der Waals surface area contributed by atoms with E-state index in [9.17, 15) is 62.3 Å². The molecule has 9 aromatic rings. The number of aliphatic hydroxyl groups excluding tert-OH is 1. The third-order valence-corrected chi connectivity index (χ3v) is 14.0. The number of hydrogen-bond donors (Lipinski definition) is 2. The van der Waals surface area contributed by atoms with Crippen LogP contribution in [0.25, 0.3) is 0 Å². The van der Waals surface area contributed by atoms with Gasteiger partial charge < -0.3 is 29.8 Å². The molecule has 2 amide bonds. The number of imide groups is 1. The number of benzene rings is 9. The van der Waals surface area contributed by atoms with Crippen molar-refractivity contribution < 1.29 is 86.3 Å². The van der Waals surface area contributed by atoms with Crippen LogP contribution in [0.15, 0.2) is 194 Å². The predicted octanol–water partition coefficient (Wildman–Crippen LogP) is 21.1. The fourth-order valence-electron chi connectivity index (χ4n) is 7.92. The van der Waals surface area contributed by atoms with Crippen LogP contribution in [0.4, 0.5) is 52.7 Å². The number of nitrogens with zero attached hydrogens (tertiary/aromatic N) is 1. The number of carbonyl (C=O) groups is 2. The molecule has 9 aromatic carbocycles. The number of alkyl halides is 13. The summed E-state index contributed by atoms with van der Waals surface area (Å²) in [5, 5.41) is 7.39. The second kappa shape index (κ2) is 30.1. The fourth-order valence-corrected chi connectivity index (χ4v) is 8.99. The van der Waals surface area contributed by atoms with Gasteiger partial charge in [-0.2, -0.15) is 52.7 Å². The van der Waals surface area contributed by atoms with Crippen molar-refractivity contribution in [2.45, 2.75) is 50.3 Å². The largest absolute Gasteiger partial charge is 0.457 e. The maximum atomic E-state index is 13.0. The second-order valence-electron chi connectivity index (χ2n) is 18.8. The Morgan fingerprint density at radius 1 is 0.367 bits per heavy atom. The van der Waals surface area contributed by atoms with Crippen LogP contribution in [0.5, 0.6) is 46.0 Å². The molecule has 0 radical (unpaired) electrons. The number of nitrogens with two attached hydrogens (primary N) is 1. The van der Waals surface area contributed by atoms with E-state index in [2.05, 4.69) is 0 Å². The molecule has 3 N–H and O–H groups in total. The zero-order chi connectivity index (χ0) is 65.7. The van der Waals surface area contributed by atoms with Crippen molar-refractivity contribution in [3.8, 4) is 46.0 Å². The van der Waals surface area contributed by atoms with Crippen molar-refractivity contribution in [3.05, 3.63) is 270 Å². The standard InChI is InChI=1S/C22H13ClF3NO3.C14H9Cl2F3O.C14H11ClF3NO.C14H10ClF3O2/c23-19-10-9-15(11-18(19)22(24,25)26)30-14-7-5-13(6-8-14)12-27-20(28)16-3-1-2-4-17(16)21(27)29;15-8-9-1-3-10(4-2-9)20-11-5-6-13(16)12(7-11)14(17,18)19;2*15-13-6-5-11(7-12(13)14(16,17)18)20-10-3-1-9(8-19)2-4-10/h1-11H,12H2;1-7H,8H2;1-7H,8,19H2;1-7,19H,8H2. The topological polar surface area (TPSA) is 121 Å². The lowest BCUT2D eigenvalue weighted by molar-refractivity contribution is -0.138. The molecule has 90 heavy (non-hydrogen) atoms. The van der Waals surface area contributed by atoms with Gasteiger partial charge in [0.2, 0.25) is 0 Å². The predicted molar refractivity (Wildman–Crippen MR) is 316 cm³/mol. The number of hydrogen-bond acceptors (Lipinski definition) is 8. The number of halogens is 17. The van der Waals surface area contributed by atoms with E-state index in [0.29, 0.717) is 57.7 Å². The first kappa shape index (κ1) is 69.3. The molecule has 0 aliphatic carbocycles. The van der Waals surface area contributed by atoms with Gasteiger partial charge in [0.25, 0.3) is 11.8 Å². The Kier molecular flexibility index (Phi) is 23.2. The molecule has 9 nitrogen and oxygen atoms in total. The zero-order valence-corrected chi connectivity index (χ0v) is 49.4. The Morgan fingerprint density at radius 3 is 0.878 bits per heavy atom. The van der Waals surface area contributed by atoms with Gasteiger partial charge in [-0.25, -0.2) is 0 Å². The first-order valence-corrected chi connectivity index (χ1v) is 27.8. The minimum atomic E-state index is -4.59. The Hall–Kier alpha value is -8.15. The molecule has 1 aliphatic rings. The SMILES string of the molecule is FC(F)(F)c1cc(Oc2ccc(CCl)cc2)ccc1Cl.NCc1ccc(Oc2ccc(Cl)c(C(F)(F)F)c2)cc1.O=C1c2ccccc2C(=O)N1Cc1ccc(Oc2ccc(Cl)c(C(F)(F)F)c2)cc1.OCc1ccc(Oc2ccc(Cl)c(C(F)(F)F)c2)cc1. The molecule has 1 heterocycles. The van der Waals surface area contributed by atoms with Gasteiger partial charge in [-0.15, -0.1) is 11.6 Å². The van der Waals surface area contributed by atoms with E-state index in [1.54, 1.807) is 121 Å². The summed E-state index contributed by atoms with van der Waals surface area (Å²) in [6.07, 6.45) is -18.2. The van der Waals surface area contributed by atoms with E-state index < -0.39 is 52.0 Å². The molecule has 0 fully saturated rings. The van der Waals surface area contributed by atoms with E-state index in [0.717, 1.165) is 64.6 Å². The molecule has 0 bridgehead atoms. The molecule has 26 heteroatoms. The van der Waals surface area contributed by atoms with Gasteiger partial charge in [-0.3, -0.25) is 14.5 Å². The highest BCUT2D eigenvalue weighted by molar-refractivity contribution is 6.32. The Morgan fingerprint density at radius 2 is 0.622 bits per heavy atom. The number of amides is 2. The maximum absolute atomic E-state index is 13.0. The van der Waals surface area contributed by atoms with Gasteiger partial charge in [0.1, 0.15) is 46.0 Å². The molecule has 0 saturated heterocycles. The molecule has 0 spiro atoms. The van der Waals surface area contributed by atoms with E-state index in [4.69, 9.17) is 87.8 Å². The van der Waals surface area contributed by atoms with Crippen LogP contribution in [0.2, 0.25) is 20.1 Å². The number of aliphatic hydroxyl groups is 1. The number of rotatable bonds is 13. The van der Waals surface area contributed by atoms with Crippen LogP contribution in [0.1, 0.15) is 65.2 Å². The molecule has 470 valence electrons. The molecule has 10 rings (SSSR count). The summed E-state index contributed by atoms with van der Waals surface area (Å²) in [6.45, 7) is 0.352. The van der Waals surface area contributed by atoms with Crippen LogP contribution >= 0.6 is 58.0 Å². The second-order valence-corrected chi connectivity index (χ2v) is 20.7. The van der Waals surface area contributed by atoms with Gasteiger partial charge in [0.15, 0.2) is 0 Å². The molecule has 1 aliphatic heterocycles. The van der Waals surface area contributed by atoms with Gasteiger partial charge in [0, 0.05) is 12.4 Å². The number of fused-ring (bicyclic) bond motifs is 1. The van der Waals surface area contributed by atoms with Crippen LogP contribution in [-0.4, -0.2) is 21.8 Å².